The van der Waals surface area contributed by atoms with Crippen LogP contribution in [0.5, 0.6) is 0 Å². The molecule has 1 rings (SSSR count). The monoisotopic (exact) mass is 235 g/mol. The lowest BCUT2D eigenvalue weighted by molar-refractivity contribution is -0.117. The Morgan fingerprint density at radius 3 is 2.53 bits per heavy atom. The molecule has 1 aromatic carbocycles. The fourth-order valence-corrected chi connectivity index (χ4v) is 1.65. The van der Waals surface area contributed by atoms with Gasteiger partial charge in [-0.3, -0.25) is 9.69 Å². The number of nitrogens with zero attached hydrogens (tertiary/aromatic N) is 1. The second-order valence-corrected chi connectivity index (χ2v) is 4.21. The van der Waals surface area contributed by atoms with Gasteiger partial charge in [0.25, 0.3) is 0 Å². The van der Waals surface area contributed by atoms with Crippen LogP contribution in [-0.2, 0) is 16.1 Å². The highest BCUT2D eigenvalue weighted by Gasteiger charge is 2.06. The second-order valence-electron chi connectivity index (χ2n) is 4.21. The summed E-state index contributed by atoms with van der Waals surface area (Å²) in [6.45, 7) is 4.87. The Labute approximate surface area is 103 Å². The number of methoxy groups -OCH3 is 1. The van der Waals surface area contributed by atoms with Crippen LogP contribution >= 0.6 is 0 Å². The van der Waals surface area contributed by atoms with E-state index >= 15 is 0 Å². The van der Waals surface area contributed by atoms with E-state index in [9.17, 15) is 4.79 Å². The molecule has 0 amide bonds. The summed E-state index contributed by atoms with van der Waals surface area (Å²) in [5.74, 6) is 0.237. The lowest BCUT2D eigenvalue weighted by Gasteiger charge is -2.21. The summed E-state index contributed by atoms with van der Waals surface area (Å²) in [5.41, 5.74) is 1.27. The number of Topliss-reactive ketones (excluding diaryl/α,β-unsaturated/α-hetero) is 1. The Bertz CT molecular complexity index is 324. The van der Waals surface area contributed by atoms with Gasteiger partial charge in [0.15, 0.2) is 0 Å². The van der Waals surface area contributed by atoms with Crippen molar-refractivity contribution in [3.05, 3.63) is 35.9 Å². The van der Waals surface area contributed by atoms with E-state index in [1.165, 1.54) is 5.56 Å². The van der Waals surface area contributed by atoms with Crippen molar-refractivity contribution in [2.45, 2.75) is 19.9 Å². The average molecular weight is 235 g/mol. The number of hydrogen-bond donors (Lipinski definition) is 0. The summed E-state index contributed by atoms with van der Waals surface area (Å²) in [6, 6.07) is 10.3. The molecule has 0 fully saturated rings. The van der Waals surface area contributed by atoms with Crippen molar-refractivity contribution < 1.29 is 9.53 Å². The van der Waals surface area contributed by atoms with Crippen molar-refractivity contribution in [2.24, 2.45) is 0 Å². The van der Waals surface area contributed by atoms with E-state index in [0.717, 1.165) is 19.6 Å². The van der Waals surface area contributed by atoms with Gasteiger partial charge in [-0.2, -0.15) is 0 Å². The highest BCUT2D eigenvalue weighted by molar-refractivity contribution is 5.75. The van der Waals surface area contributed by atoms with Crippen LogP contribution in [0.15, 0.2) is 30.3 Å². The molecule has 0 aliphatic carbocycles. The fraction of sp³-hybridized carbons (Fsp3) is 0.500. The van der Waals surface area contributed by atoms with Gasteiger partial charge in [0, 0.05) is 33.2 Å². The maximum atomic E-state index is 11.0. The van der Waals surface area contributed by atoms with E-state index in [1.807, 2.05) is 18.2 Å². The van der Waals surface area contributed by atoms with Crippen molar-refractivity contribution in [1.82, 2.24) is 4.90 Å². The van der Waals surface area contributed by atoms with E-state index in [2.05, 4.69) is 17.0 Å². The van der Waals surface area contributed by atoms with Gasteiger partial charge in [-0.15, -0.1) is 0 Å². The van der Waals surface area contributed by atoms with Gasteiger partial charge < -0.3 is 4.74 Å². The van der Waals surface area contributed by atoms with Crippen LogP contribution in [0.4, 0.5) is 0 Å². The zero-order valence-electron chi connectivity index (χ0n) is 10.7. The van der Waals surface area contributed by atoms with E-state index in [-0.39, 0.29) is 5.78 Å². The molecule has 0 aliphatic rings. The molecule has 0 saturated carbocycles. The number of rotatable bonds is 8. The largest absolute Gasteiger partial charge is 0.383 e. The minimum Gasteiger partial charge on any atom is -0.383 e. The van der Waals surface area contributed by atoms with E-state index < -0.39 is 0 Å². The van der Waals surface area contributed by atoms with Crippen molar-refractivity contribution >= 4 is 5.78 Å². The molecule has 0 heterocycles. The standard InChI is InChI=1S/C14H21NO2/c1-13(16)8-9-15(10-11-17-2)12-14-6-4-3-5-7-14/h3-7H,8-12H2,1-2H3. The maximum Gasteiger partial charge on any atom is 0.131 e. The number of carbonyl (C=O) groups is 1. The number of hydrogen-bond acceptors (Lipinski definition) is 3. The van der Waals surface area contributed by atoms with E-state index in [1.54, 1.807) is 14.0 Å². The van der Waals surface area contributed by atoms with Crippen molar-refractivity contribution in [3.63, 3.8) is 0 Å². The molecule has 94 valence electrons. The Kier molecular flexibility index (Phi) is 6.51. The number of carbonyl (C=O) groups excluding carboxylic acids is 1. The molecular weight excluding hydrogens is 214 g/mol. The van der Waals surface area contributed by atoms with Crippen LogP contribution in [0.25, 0.3) is 0 Å². The number of ether oxygens (including phenoxy) is 1. The molecule has 0 aliphatic heterocycles. The quantitative estimate of drug-likeness (QED) is 0.691. The molecule has 1 aromatic rings. The molecule has 0 spiro atoms. The summed E-state index contributed by atoms with van der Waals surface area (Å²) < 4.78 is 5.09. The molecule has 0 unspecified atom stereocenters. The predicted molar refractivity (Wildman–Crippen MR) is 68.9 cm³/mol. The molecule has 0 aromatic heterocycles. The zero-order chi connectivity index (χ0) is 12.5. The fourth-order valence-electron chi connectivity index (χ4n) is 1.65. The molecule has 0 radical (unpaired) electrons. The van der Waals surface area contributed by atoms with E-state index in [0.29, 0.717) is 13.0 Å². The molecule has 0 bridgehead atoms. The van der Waals surface area contributed by atoms with Gasteiger partial charge in [-0.05, 0) is 12.5 Å². The van der Waals surface area contributed by atoms with E-state index in [4.69, 9.17) is 4.74 Å². The predicted octanol–water partition coefficient (Wildman–Crippen LogP) is 2.11. The molecule has 3 nitrogen and oxygen atoms in total. The SMILES string of the molecule is COCCN(CCC(C)=O)Cc1ccccc1. The molecule has 0 saturated heterocycles. The molecule has 3 heteroatoms. The summed E-state index contributed by atoms with van der Waals surface area (Å²) in [4.78, 5) is 13.3. The highest BCUT2D eigenvalue weighted by atomic mass is 16.5. The summed E-state index contributed by atoms with van der Waals surface area (Å²) in [5, 5.41) is 0. The lowest BCUT2D eigenvalue weighted by atomic mass is 10.2. The summed E-state index contributed by atoms with van der Waals surface area (Å²) in [6.07, 6.45) is 0.608. The average Bonchev–Trinajstić information content (AvgIpc) is 2.34. The third-order valence-corrected chi connectivity index (χ3v) is 2.64. The Balaban J connectivity index is 2.47. The third-order valence-electron chi connectivity index (χ3n) is 2.64. The Morgan fingerprint density at radius 1 is 1.24 bits per heavy atom. The number of benzene rings is 1. The molecule has 17 heavy (non-hydrogen) atoms. The first-order chi connectivity index (χ1) is 8.22. The maximum absolute atomic E-state index is 11.0. The van der Waals surface area contributed by atoms with Crippen molar-refractivity contribution in [2.75, 3.05) is 26.8 Å². The van der Waals surface area contributed by atoms with Crippen LogP contribution < -0.4 is 0 Å². The first-order valence-corrected chi connectivity index (χ1v) is 5.97. The Morgan fingerprint density at radius 2 is 1.94 bits per heavy atom. The van der Waals surface area contributed by atoms with Crippen LogP contribution in [0.2, 0.25) is 0 Å². The van der Waals surface area contributed by atoms with Gasteiger partial charge in [0.1, 0.15) is 5.78 Å². The van der Waals surface area contributed by atoms with Crippen LogP contribution in [0.1, 0.15) is 18.9 Å². The van der Waals surface area contributed by atoms with Crippen molar-refractivity contribution in [1.29, 1.82) is 0 Å². The number of ketones is 1. The lowest BCUT2D eigenvalue weighted by Crippen LogP contribution is -2.29. The first-order valence-electron chi connectivity index (χ1n) is 5.97. The van der Waals surface area contributed by atoms with Gasteiger partial charge in [-0.25, -0.2) is 0 Å². The summed E-state index contributed by atoms with van der Waals surface area (Å²) in [7, 11) is 1.70. The molecule has 0 atom stereocenters. The van der Waals surface area contributed by atoms with Gasteiger partial charge in [-0.1, -0.05) is 30.3 Å². The van der Waals surface area contributed by atoms with Crippen molar-refractivity contribution in [3.8, 4) is 0 Å². The van der Waals surface area contributed by atoms with Gasteiger partial charge >= 0.3 is 0 Å². The highest BCUT2D eigenvalue weighted by Crippen LogP contribution is 2.05. The first kappa shape index (κ1) is 13.9. The van der Waals surface area contributed by atoms with Crippen LogP contribution in [-0.4, -0.2) is 37.5 Å². The third kappa shape index (κ3) is 6.19. The second kappa shape index (κ2) is 7.98. The Hall–Kier alpha value is -1.19. The molecule has 0 N–H and O–H groups in total. The normalized spacial score (nSPS) is 10.8. The minimum atomic E-state index is 0.237. The molecular formula is C14H21NO2. The summed E-state index contributed by atoms with van der Waals surface area (Å²) >= 11 is 0. The van der Waals surface area contributed by atoms with Gasteiger partial charge in [0.2, 0.25) is 0 Å². The minimum absolute atomic E-state index is 0.237. The van der Waals surface area contributed by atoms with Crippen LogP contribution in [0, 0.1) is 0 Å². The smallest absolute Gasteiger partial charge is 0.131 e. The topological polar surface area (TPSA) is 29.5 Å². The zero-order valence-corrected chi connectivity index (χ0v) is 10.7. The van der Waals surface area contributed by atoms with Crippen LogP contribution in [0.3, 0.4) is 0 Å². The van der Waals surface area contributed by atoms with Gasteiger partial charge in [0.05, 0.1) is 6.61 Å².